The molecule has 3 heterocycles. The van der Waals surface area contributed by atoms with Crippen molar-refractivity contribution in [1.29, 1.82) is 0 Å². The van der Waals surface area contributed by atoms with Gasteiger partial charge in [0.2, 0.25) is 0 Å². The number of pyridine rings is 2. The van der Waals surface area contributed by atoms with Crippen LogP contribution < -0.4 is 5.32 Å². The lowest BCUT2D eigenvalue weighted by Crippen LogP contribution is -2.02. The van der Waals surface area contributed by atoms with Crippen LogP contribution in [0.25, 0.3) is 5.82 Å². The van der Waals surface area contributed by atoms with Crippen LogP contribution >= 0.6 is 0 Å². The lowest BCUT2D eigenvalue weighted by atomic mass is 10.2. The van der Waals surface area contributed by atoms with Crippen LogP contribution in [0.4, 0.5) is 5.69 Å². The van der Waals surface area contributed by atoms with Crippen molar-refractivity contribution >= 4 is 5.69 Å². The zero-order valence-electron chi connectivity index (χ0n) is 11.2. The number of nitrogens with one attached hydrogen (secondary N) is 1. The van der Waals surface area contributed by atoms with Gasteiger partial charge in [-0.05, 0) is 30.7 Å². The summed E-state index contributed by atoms with van der Waals surface area (Å²) in [5.41, 5.74) is 3.14. The highest BCUT2D eigenvalue weighted by molar-refractivity contribution is 5.43. The van der Waals surface area contributed by atoms with Gasteiger partial charge >= 0.3 is 0 Å². The fraction of sp³-hybridized carbons (Fsp3) is 0.133. The van der Waals surface area contributed by atoms with Gasteiger partial charge < -0.3 is 5.32 Å². The molecule has 0 aliphatic carbocycles. The zero-order valence-corrected chi connectivity index (χ0v) is 11.2. The van der Waals surface area contributed by atoms with Crippen LogP contribution in [0.3, 0.4) is 0 Å². The molecule has 5 heteroatoms. The Morgan fingerprint density at radius 2 is 2.05 bits per heavy atom. The van der Waals surface area contributed by atoms with Crippen molar-refractivity contribution in [2.24, 2.45) is 0 Å². The summed E-state index contributed by atoms with van der Waals surface area (Å²) >= 11 is 0. The van der Waals surface area contributed by atoms with Crippen molar-refractivity contribution in [3.8, 4) is 5.82 Å². The van der Waals surface area contributed by atoms with Crippen molar-refractivity contribution in [3.05, 3.63) is 66.6 Å². The Bertz CT molecular complexity index is 656. The van der Waals surface area contributed by atoms with Gasteiger partial charge in [-0.15, -0.1) is 0 Å². The van der Waals surface area contributed by atoms with Crippen LogP contribution in [0.2, 0.25) is 0 Å². The maximum absolute atomic E-state index is 4.39. The first kappa shape index (κ1) is 12.3. The molecule has 100 valence electrons. The number of rotatable bonds is 4. The van der Waals surface area contributed by atoms with E-state index in [-0.39, 0.29) is 0 Å². The molecule has 0 atom stereocenters. The maximum atomic E-state index is 4.39. The lowest BCUT2D eigenvalue weighted by molar-refractivity contribution is 0.986. The first-order chi connectivity index (χ1) is 9.81. The lowest BCUT2D eigenvalue weighted by Gasteiger charge is -2.07. The van der Waals surface area contributed by atoms with Crippen LogP contribution in [-0.4, -0.2) is 19.5 Å². The Balaban J connectivity index is 1.65. The fourth-order valence-corrected chi connectivity index (χ4v) is 1.83. The molecular formula is C15H15N5. The van der Waals surface area contributed by atoms with Crippen molar-refractivity contribution < 1.29 is 0 Å². The average molecular weight is 265 g/mol. The van der Waals surface area contributed by atoms with Gasteiger partial charge in [0.05, 0.1) is 24.1 Å². The van der Waals surface area contributed by atoms with Crippen LogP contribution in [-0.2, 0) is 6.54 Å². The third-order valence-corrected chi connectivity index (χ3v) is 2.96. The summed E-state index contributed by atoms with van der Waals surface area (Å²) in [5.74, 6) is 0.849. The molecule has 0 aliphatic rings. The molecule has 3 aromatic heterocycles. The molecule has 0 fully saturated rings. The third kappa shape index (κ3) is 2.83. The maximum Gasteiger partial charge on any atom is 0.137 e. The van der Waals surface area contributed by atoms with Gasteiger partial charge in [0.25, 0.3) is 0 Å². The molecule has 0 unspecified atom stereocenters. The Labute approximate surface area is 117 Å². The summed E-state index contributed by atoms with van der Waals surface area (Å²) in [6.45, 7) is 2.72. The summed E-state index contributed by atoms with van der Waals surface area (Å²) in [7, 11) is 0. The number of aryl methyl sites for hydroxylation is 1. The summed E-state index contributed by atoms with van der Waals surface area (Å²) in [6.07, 6.45) is 9.01. The van der Waals surface area contributed by atoms with Gasteiger partial charge in [-0.3, -0.25) is 9.55 Å². The summed E-state index contributed by atoms with van der Waals surface area (Å²) in [4.78, 5) is 12.7. The minimum Gasteiger partial charge on any atom is -0.378 e. The molecule has 0 aliphatic heterocycles. The molecule has 0 saturated carbocycles. The van der Waals surface area contributed by atoms with Gasteiger partial charge in [-0.1, -0.05) is 6.07 Å². The number of hydrogen-bond acceptors (Lipinski definition) is 4. The first-order valence-corrected chi connectivity index (χ1v) is 6.41. The predicted octanol–water partition coefficient (Wildman–Crippen LogP) is 2.58. The van der Waals surface area contributed by atoms with Gasteiger partial charge in [0.15, 0.2) is 0 Å². The van der Waals surface area contributed by atoms with Crippen molar-refractivity contribution in [3.63, 3.8) is 0 Å². The monoisotopic (exact) mass is 265 g/mol. The second-order valence-electron chi connectivity index (χ2n) is 4.56. The van der Waals surface area contributed by atoms with E-state index in [2.05, 4.69) is 26.3 Å². The summed E-state index contributed by atoms with van der Waals surface area (Å²) < 4.78 is 1.87. The van der Waals surface area contributed by atoms with E-state index in [0.29, 0.717) is 6.54 Å². The van der Waals surface area contributed by atoms with Gasteiger partial charge in [-0.2, -0.15) is 0 Å². The van der Waals surface area contributed by atoms with Crippen molar-refractivity contribution in [2.75, 3.05) is 5.32 Å². The Hall–Kier alpha value is -2.69. The SMILES string of the molecule is Cc1ccc(CNc2ccc(-n3ccnc3)nc2)nc1. The fourth-order valence-electron chi connectivity index (χ4n) is 1.83. The molecule has 1 N–H and O–H groups in total. The van der Waals surface area contributed by atoms with E-state index in [0.717, 1.165) is 17.2 Å². The van der Waals surface area contributed by atoms with E-state index >= 15 is 0 Å². The predicted molar refractivity (Wildman–Crippen MR) is 77.7 cm³/mol. The normalized spacial score (nSPS) is 10.4. The minimum atomic E-state index is 0.687. The molecule has 0 radical (unpaired) electrons. The molecule has 5 nitrogen and oxygen atoms in total. The minimum absolute atomic E-state index is 0.687. The topological polar surface area (TPSA) is 55.6 Å². The number of imidazole rings is 1. The van der Waals surface area contributed by atoms with E-state index in [1.165, 1.54) is 5.56 Å². The van der Waals surface area contributed by atoms with Gasteiger partial charge in [0.1, 0.15) is 12.1 Å². The quantitative estimate of drug-likeness (QED) is 0.787. The number of hydrogen-bond donors (Lipinski definition) is 1. The second-order valence-corrected chi connectivity index (χ2v) is 4.56. The van der Waals surface area contributed by atoms with Gasteiger partial charge in [-0.25, -0.2) is 9.97 Å². The molecule has 0 aromatic carbocycles. The Morgan fingerprint density at radius 1 is 1.10 bits per heavy atom. The highest BCUT2D eigenvalue weighted by Gasteiger charge is 1.99. The molecule has 0 spiro atoms. The molecule has 3 aromatic rings. The number of aromatic nitrogens is 4. The highest BCUT2D eigenvalue weighted by Crippen LogP contribution is 2.10. The van der Waals surface area contributed by atoms with E-state index in [1.807, 2.05) is 48.3 Å². The van der Waals surface area contributed by atoms with Crippen LogP contribution in [0.15, 0.2) is 55.4 Å². The van der Waals surface area contributed by atoms with Crippen molar-refractivity contribution in [1.82, 2.24) is 19.5 Å². The molecule has 0 saturated heterocycles. The number of anilines is 1. The smallest absolute Gasteiger partial charge is 0.137 e. The van der Waals surface area contributed by atoms with E-state index in [9.17, 15) is 0 Å². The van der Waals surface area contributed by atoms with Gasteiger partial charge in [0, 0.05) is 18.6 Å². The molecule has 0 bridgehead atoms. The first-order valence-electron chi connectivity index (χ1n) is 6.41. The largest absolute Gasteiger partial charge is 0.378 e. The Morgan fingerprint density at radius 3 is 2.70 bits per heavy atom. The van der Waals surface area contributed by atoms with Crippen molar-refractivity contribution in [2.45, 2.75) is 13.5 Å². The second kappa shape index (κ2) is 5.52. The van der Waals surface area contributed by atoms with Crippen LogP contribution in [0.5, 0.6) is 0 Å². The highest BCUT2D eigenvalue weighted by atomic mass is 15.1. The molecule has 20 heavy (non-hydrogen) atoms. The van der Waals surface area contributed by atoms with Crippen LogP contribution in [0.1, 0.15) is 11.3 Å². The summed E-state index contributed by atoms with van der Waals surface area (Å²) in [6, 6.07) is 8.03. The molecule has 3 rings (SSSR count). The van der Waals surface area contributed by atoms with Crippen LogP contribution in [0, 0.1) is 6.92 Å². The molecular weight excluding hydrogens is 250 g/mol. The molecule has 0 amide bonds. The average Bonchev–Trinajstić information content (AvgIpc) is 3.01. The third-order valence-electron chi connectivity index (χ3n) is 2.96. The van der Waals surface area contributed by atoms with E-state index in [1.54, 1.807) is 12.5 Å². The standard InChI is InChI=1S/C15H15N5/c1-12-2-3-13(17-8-12)9-18-14-4-5-15(19-10-14)20-7-6-16-11-20/h2-8,10-11,18H,9H2,1H3. The Kier molecular flexibility index (Phi) is 3.41. The van der Waals surface area contributed by atoms with E-state index < -0.39 is 0 Å². The number of nitrogens with zero attached hydrogens (tertiary/aromatic N) is 4. The zero-order chi connectivity index (χ0) is 13.8. The summed E-state index contributed by atoms with van der Waals surface area (Å²) in [5, 5.41) is 3.30. The van der Waals surface area contributed by atoms with E-state index in [4.69, 9.17) is 0 Å².